The van der Waals surface area contributed by atoms with Crippen LogP contribution < -0.4 is 29.6 Å². The molecule has 0 fully saturated rings. The smallest absolute Gasteiger partial charge is 0.748 e. The third kappa shape index (κ3) is 9.14. The molecule has 0 amide bonds. The molecular formula is C15H23NaO3S. The Morgan fingerprint density at radius 3 is 2.10 bits per heavy atom. The summed E-state index contributed by atoms with van der Waals surface area (Å²) in [5, 5.41) is 0. The Hall–Kier alpha value is 0.130. The molecule has 1 aromatic rings. The Labute approximate surface area is 145 Å². The van der Waals surface area contributed by atoms with Crippen LogP contribution in [0.5, 0.6) is 0 Å². The zero-order valence-electron chi connectivity index (χ0n) is 12.6. The van der Waals surface area contributed by atoms with E-state index in [4.69, 9.17) is 0 Å². The van der Waals surface area contributed by atoms with Crippen LogP contribution >= 0.6 is 0 Å². The van der Waals surface area contributed by atoms with Gasteiger partial charge in [0.1, 0.15) is 0 Å². The van der Waals surface area contributed by atoms with Gasteiger partial charge >= 0.3 is 29.6 Å². The van der Waals surface area contributed by atoms with Crippen LogP contribution in [-0.2, 0) is 22.3 Å². The Morgan fingerprint density at radius 2 is 1.50 bits per heavy atom. The van der Waals surface area contributed by atoms with E-state index in [9.17, 15) is 13.0 Å². The molecule has 0 spiro atoms. The van der Waals surface area contributed by atoms with Crippen LogP contribution in [0.25, 0.3) is 0 Å². The molecule has 0 unspecified atom stereocenters. The van der Waals surface area contributed by atoms with Gasteiger partial charge in [0.25, 0.3) is 0 Å². The number of hydrogen-bond acceptors (Lipinski definition) is 3. The first-order valence-electron chi connectivity index (χ1n) is 7.03. The van der Waals surface area contributed by atoms with Gasteiger partial charge in [-0.1, -0.05) is 63.3 Å². The molecule has 0 heterocycles. The predicted octanol–water partition coefficient (Wildman–Crippen LogP) is 0.639. The van der Waals surface area contributed by atoms with Crippen molar-refractivity contribution in [2.75, 3.05) is 0 Å². The third-order valence-electron chi connectivity index (χ3n) is 3.25. The van der Waals surface area contributed by atoms with Gasteiger partial charge in [-0.3, -0.25) is 0 Å². The van der Waals surface area contributed by atoms with Crippen molar-refractivity contribution in [2.24, 2.45) is 0 Å². The zero-order chi connectivity index (χ0) is 14.1. The second kappa shape index (κ2) is 10.8. The summed E-state index contributed by atoms with van der Waals surface area (Å²) in [5.74, 6) is -0.390. The van der Waals surface area contributed by atoms with Gasteiger partial charge < -0.3 is 4.55 Å². The van der Waals surface area contributed by atoms with Crippen LogP contribution in [0.1, 0.15) is 56.6 Å². The molecule has 0 aliphatic rings. The Balaban J connectivity index is 0.00000361. The number of benzene rings is 1. The fourth-order valence-electron chi connectivity index (χ4n) is 2.23. The Kier molecular flexibility index (Phi) is 10.9. The van der Waals surface area contributed by atoms with E-state index in [0.29, 0.717) is 5.56 Å². The van der Waals surface area contributed by atoms with Crippen molar-refractivity contribution in [2.45, 2.75) is 57.6 Å². The van der Waals surface area contributed by atoms with E-state index in [1.54, 1.807) is 12.1 Å². The topological polar surface area (TPSA) is 57.2 Å². The average molecular weight is 306 g/mol. The first kappa shape index (κ1) is 20.1. The average Bonchev–Trinajstić information content (AvgIpc) is 2.33. The van der Waals surface area contributed by atoms with Crippen molar-refractivity contribution >= 4 is 10.1 Å². The molecule has 5 heteroatoms. The van der Waals surface area contributed by atoms with Crippen LogP contribution in [0.4, 0.5) is 0 Å². The molecule has 0 N–H and O–H groups in total. The minimum Gasteiger partial charge on any atom is -0.748 e. The maximum atomic E-state index is 10.8. The van der Waals surface area contributed by atoms with Crippen molar-refractivity contribution in [3.63, 3.8) is 0 Å². The molecule has 0 aromatic heterocycles. The molecule has 0 saturated heterocycles. The second-order valence-electron chi connectivity index (χ2n) is 4.99. The quantitative estimate of drug-likeness (QED) is 0.382. The molecule has 0 saturated carbocycles. The van der Waals surface area contributed by atoms with Gasteiger partial charge in [-0.2, -0.15) is 0 Å². The van der Waals surface area contributed by atoms with Gasteiger partial charge in [-0.25, -0.2) is 8.42 Å². The van der Waals surface area contributed by atoms with Gasteiger partial charge in [0.15, 0.2) is 0 Å². The summed E-state index contributed by atoms with van der Waals surface area (Å²) < 4.78 is 32.5. The summed E-state index contributed by atoms with van der Waals surface area (Å²) in [6.07, 6.45) is 8.11. The molecule has 1 rings (SSSR count). The van der Waals surface area contributed by atoms with Crippen molar-refractivity contribution in [1.82, 2.24) is 0 Å². The van der Waals surface area contributed by atoms with E-state index in [-0.39, 0.29) is 35.3 Å². The standard InChI is InChI=1S/C15H24O3S.Na/c1-2-3-4-5-6-7-10-14-11-8-9-12-15(14)13-19(16,17)18;/h8-9,11-12H,2-7,10,13H2,1H3,(H,16,17,18);/q;+1/p-1. The summed E-state index contributed by atoms with van der Waals surface area (Å²) >= 11 is 0. The SMILES string of the molecule is CCCCCCCCc1ccccc1CS(=O)(=O)[O-].[Na+]. The first-order valence-corrected chi connectivity index (χ1v) is 8.61. The summed E-state index contributed by atoms with van der Waals surface area (Å²) in [6, 6.07) is 7.34. The van der Waals surface area contributed by atoms with Gasteiger partial charge in [-0.15, -0.1) is 0 Å². The van der Waals surface area contributed by atoms with Crippen LogP contribution in [0.3, 0.4) is 0 Å². The maximum Gasteiger partial charge on any atom is 1.00 e. The molecule has 0 aliphatic carbocycles. The first-order chi connectivity index (χ1) is 9.03. The Bertz CT molecular complexity index is 472. The molecule has 1 aromatic carbocycles. The molecule has 20 heavy (non-hydrogen) atoms. The largest absolute Gasteiger partial charge is 1.00 e. The summed E-state index contributed by atoms with van der Waals surface area (Å²) in [4.78, 5) is 0. The van der Waals surface area contributed by atoms with E-state index < -0.39 is 10.1 Å². The Morgan fingerprint density at radius 1 is 0.950 bits per heavy atom. The van der Waals surface area contributed by atoms with Crippen molar-refractivity contribution in [3.8, 4) is 0 Å². The fraction of sp³-hybridized carbons (Fsp3) is 0.600. The number of aryl methyl sites for hydroxylation is 1. The van der Waals surface area contributed by atoms with E-state index in [1.807, 2.05) is 12.1 Å². The van der Waals surface area contributed by atoms with Gasteiger partial charge in [0.05, 0.1) is 15.9 Å². The van der Waals surface area contributed by atoms with Crippen LogP contribution in [0, 0.1) is 0 Å². The van der Waals surface area contributed by atoms with Gasteiger partial charge in [0, 0.05) is 0 Å². The number of hydrogen-bond donors (Lipinski definition) is 0. The fourth-order valence-corrected chi connectivity index (χ4v) is 2.89. The third-order valence-corrected chi connectivity index (χ3v) is 3.91. The monoisotopic (exact) mass is 306 g/mol. The minimum absolute atomic E-state index is 0. The van der Waals surface area contributed by atoms with Gasteiger partial charge in [-0.05, 0) is 24.0 Å². The second-order valence-corrected chi connectivity index (χ2v) is 6.39. The van der Waals surface area contributed by atoms with Crippen LogP contribution in [0.15, 0.2) is 24.3 Å². The van der Waals surface area contributed by atoms with E-state index in [2.05, 4.69) is 6.92 Å². The zero-order valence-corrected chi connectivity index (χ0v) is 15.4. The summed E-state index contributed by atoms with van der Waals surface area (Å²) in [6.45, 7) is 2.19. The molecule has 0 bridgehead atoms. The van der Waals surface area contributed by atoms with Crippen LogP contribution in [-0.4, -0.2) is 13.0 Å². The molecule has 0 aliphatic heterocycles. The molecule has 3 nitrogen and oxygen atoms in total. The van der Waals surface area contributed by atoms with E-state index in [1.165, 1.54) is 32.1 Å². The number of unbranched alkanes of at least 4 members (excludes halogenated alkanes) is 5. The van der Waals surface area contributed by atoms with Crippen LogP contribution in [0.2, 0.25) is 0 Å². The molecule has 0 radical (unpaired) electrons. The van der Waals surface area contributed by atoms with E-state index in [0.717, 1.165) is 18.4 Å². The molecular weight excluding hydrogens is 283 g/mol. The predicted molar refractivity (Wildman–Crippen MR) is 76.9 cm³/mol. The van der Waals surface area contributed by atoms with E-state index >= 15 is 0 Å². The summed E-state index contributed by atoms with van der Waals surface area (Å²) in [7, 11) is -4.19. The maximum absolute atomic E-state index is 10.8. The minimum atomic E-state index is -4.19. The number of rotatable bonds is 9. The molecule has 0 atom stereocenters. The van der Waals surface area contributed by atoms with Crippen molar-refractivity contribution in [3.05, 3.63) is 35.4 Å². The normalized spacial score (nSPS) is 11.1. The molecule has 108 valence electrons. The van der Waals surface area contributed by atoms with Crippen molar-refractivity contribution in [1.29, 1.82) is 0 Å². The van der Waals surface area contributed by atoms with Crippen molar-refractivity contribution < 1.29 is 42.5 Å². The summed E-state index contributed by atoms with van der Waals surface area (Å²) in [5.41, 5.74) is 1.66. The van der Waals surface area contributed by atoms with Gasteiger partial charge in [0.2, 0.25) is 0 Å².